The van der Waals surface area contributed by atoms with E-state index >= 15 is 0 Å². The number of halogens is 2. The number of alkyl halides is 2. The summed E-state index contributed by atoms with van der Waals surface area (Å²) in [6, 6.07) is 22.5. The molecule has 0 radical (unpaired) electrons. The second kappa shape index (κ2) is 17.0. The number of amides is 2. The van der Waals surface area contributed by atoms with Crippen LogP contribution in [0.2, 0.25) is 0 Å². The summed E-state index contributed by atoms with van der Waals surface area (Å²) in [6.07, 6.45) is 10.3. The van der Waals surface area contributed by atoms with Gasteiger partial charge in [0.25, 0.3) is 11.8 Å². The van der Waals surface area contributed by atoms with Gasteiger partial charge in [-0.3, -0.25) is 9.59 Å². The van der Waals surface area contributed by atoms with Gasteiger partial charge in [-0.15, -0.1) is 0 Å². The van der Waals surface area contributed by atoms with Crippen LogP contribution in [0.5, 0.6) is 11.5 Å². The molecule has 8 heteroatoms. The summed E-state index contributed by atoms with van der Waals surface area (Å²) in [5.41, 5.74) is 8.77. The number of aryl methyl sites for hydroxylation is 4. The zero-order chi connectivity index (χ0) is 38.3. The van der Waals surface area contributed by atoms with Crippen molar-refractivity contribution in [1.82, 2.24) is 0 Å². The van der Waals surface area contributed by atoms with Crippen molar-refractivity contribution in [3.05, 3.63) is 117 Å². The van der Waals surface area contributed by atoms with Crippen LogP contribution in [0.1, 0.15) is 134 Å². The number of hydrogen-bond donors (Lipinski definition) is 3. The van der Waals surface area contributed by atoms with Crippen LogP contribution in [0.15, 0.2) is 72.8 Å². The Morgan fingerprint density at radius 3 is 1.38 bits per heavy atom. The van der Waals surface area contributed by atoms with Gasteiger partial charge in [0.1, 0.15) is 11.5 Å². The van der Waals surface area contributed by atoms with Gasteiger partial charge in [0.15, 0.2) is 0 Å². The van der Waals surface area contributed by atoms with Crippen LogP contribution < -0.4 is 15.4 Å². The van der Waals surface area contributed by atoms with E-state index in [4.69, 9.17) is 0 Å². The van der Waals surface area contributed by atoms with Crippen LogP contribution in [-0.4, -0.2) is 23.5 Å². The van der Waals surface area contributed by atoms with E-state index in [1.807, 2.05) is 54.6 Å². The second-order valence-electron chi connectivity index (χ2n) is 16.3. The van der Waals surface area contributed by atoms with Gasteiger partial charge in [-0.25, -0.2) is 0 Å². The van der Waals surface area contributed by atoms with Crippen molar-refractivity contribution >= 4 is 23.2 Å². The summed E-state index contributed by atoms with van der Waals surface area (Å²) in [6.45, 7) is 9.86. The van der Waals surface area contributed by atoms with Gasteiger partial charge in [-0.2, -0.15) is 8.78 Å². The third kappa shape index (κ3) is 10.7. The summed E-state index contributed by atoms with van der Waals surface area (Å²) in [4.78, 5) is 25.5. The lowest BCUT2D eigenvalue weighted by atomic mass is 9.87. The van der Waals surface area contributed by atoms with Gasteiger partial charge in [0, 0.05) is 11.4 Å². The fraction of sp³-hybridized carbons (Fsp3) is 0.422. The van der Waals surface area contributed by atoms with E-state index in [1.165, 1.54) is 23.1 Å². The molecule has 0 aromatic heterocycles. The first-order chi connectivity index (χ1) is 25.1. The summed E-state index contributed by atoms with van der Waals surface area (Å²) in [5.74, 6) is -0.678. The number of anilines is 2. The van der Waals surface area contributed by atoms with Crippen molar-refractivity contribution < 1.29 is 28.2 Å². The molecule has 6 nitrogen and oxygen atoms in total. The minimum Gasteiger partial charge on any atom is -0.507 e. The largest absolute Gasteiger partial charge is 0.507 e. The molecule has 0 heterocycles. The minimum atomic E-state index is -2.97. The number of nitrogens with one attached hydrogen (secondary N) is 2. The predicted molar refractivity (Wildman–Crippen MR) is 210 cm³/mol. The van der Waals surface area contributed by atoms with Gasteiger partial charge in [0.05, 0.1) is 11.1 Å². The summed E-state index contributed by atoms with van der Waals surface area (Å²) >= 11 is 0. The molecule has 0 unspecified atom stereocenters. The minimum absolute atomic E-state index is 0.0117. The standard InChI is InChI=1S/C23H27F2NO2.C22H27NO2/c1-23(2,3)17-9-11-18(12-10-17)26-21(27)19-13-15-7-5-4-6-8-16(15)14-20(19)28-22(24)25;1-22(2,3)17-9-11-18(12-10-17)23-21(25)19-13-15-7-5-4-6-8-16(15)14-20(19)24/h9-14,22H,4-8H2,1-3H3,(H,26,27);9-14,24H,4-8H2,1-3H3,(H,23,25). The molecule has 3 N–H and O–H groups in total. The fourth-order valence-electron chi connectivity index (χ4n) is 6.95. The van der Waals surface area contributed by atoms with Crippen molar-refractivity contribution in [1.29, 1.82) is 0 Å². The van der Waals surface area contributed by atoms with Gasteiger partial charge < -0.3 is 20.5 Å². The average molecular weight is 725 g/mol. The SMILES string of the molecule is CC(C)(C)c1ccc(NC(=O)c2cc3c(cc2O)CCCCC3)cc1.CC(C)(C)c1ccc(NC(=O)c2cc3c(cc2OC(F)F)CCCCC3)cc1. The van der Waals surface area contributed by atoms with E-state index in [-0.39, 0.29) is 33.8 Å². The van der Waals surface area contributed by atoms with Crippen LogP contribution >= 0.6 is 0 Å². The Labute approximate surface area is 313 Å². The molecule has 0 saturated carbocycles. The Hall–Kier alpha value is -4.72. The third-order valence-corrected chi connectivity index (χ3v) is 10.1. The molecule has 0 fully saturated rings. The maximum atomic E-state index is 12.9. The molecule has 4 aromatic rings. The van der Waals surface area contributed by atoms with E-state index in [0.29, 0.717) is 11.3 Å². The molecular weight excluding hydrogens is 671 g/mol. The van der Waals surface area contributed by atoms with Gasteiger partial charge >= 0.3 is 6.61 Å². The lowest BCUT2D eigenvalue weighted by molar-refractivity contribution is -0.0501. The summed E-state index contributed by atoms with van der Waals surface area (Å²) in [7, 11) is 0. The van der Waals surface area contributed by atoms with E-state index in [1.54, 1.807) is 18.2 Å². The zero-order valence-electron chi connectivity index (χ0n) is 32.0. The average Bonchev–Trinajstić information content (AvgIpc) is 3.47. The molecule has 53 heavy (non-hydrogen) atoms. The van der Waals surface area contributed by atoms with Gasteiger partial charge in [-0.05, 0) is 144 Å². The first kappa shape index (κ1) is 39.5. The van der Waals surface area contributed by atoms with E-state index in [0.717, 1.165) is 80.2 Å². The van der Waals surface area contributed by atoms with Crippen molar-refractivity contribution in [2.75, 3.05) is 10.6 Å². The lowest BCUT2D eigenvalue weighted by Crippen LogP contribution is -2.16. The topological polar surface area (TPSA) is 87.7 Å². The quantitative estimate of drug-likeness (QED) is 0.173. The van der Waals surface area contributed by atoms with E-state index in [9.17, 15) is 23.5 Å². The molecule has 0 saturated heterocycles. The third-order valence-electron chi connectivity index (χ3n) is 10.1. The molecular formula is C45H54F2N2O4. The Kier molecular flexibility index (Phi) is 12.6. The molecule has 2 aliphatic carbocycles. The molecule has 2 aliphatic rings. The normalized spacial score (nSPS) is 14.4. The van der Waals surface area contributed by atoms with Gasteiger partial charge in [0.2, 0.25) is 0 Å². The number of phenols is 1. The molecule has 2 amide bonds. The number of ether oxygens (including phenoxy) is 1. The number of carbonyl (C=O) groups excluding carboxylic acids is 2. The maximum absolute atomic E-state index is 12.9. The maximum Gasteiger partial charge on any atom is 0.387 e. The van der Waals surface area contributed by atoms with Crippen LogP contribution in [-0.2, 0) is 36.5 Å². The van der Waals surface area contributed by atoms with Crippen LogP contribution in [0, 0.1) is 0 Å². The number of phenolic OH excluding ortho intramolecular Hbond substituents is 1. The molecule has 0 spiro atoms. The summed E-state index contributed by atoms with van der Waals surface area (Å²) < 4.78 is 30.5. The number of benzene rings is 4. The highest BCUT2D eigenvalue weighted by Gasteiger charge is 2.22. The lowest BCUT2D eigenvalue weighted by Gasteiger charge is -2.19. The van der Waals surface area contributed by atoms with Crippen molar-refractivity contribution in [3.8, 4) is 11.5 Å². The highest BCUT2D eigenvalue weighted by Crippen LogP contribution is 2.32. The van der Waals surface area contributed by atoms with Crippen LogP contribution in [0.4, 0.5) is 20.2 Å². The Morgan fingerprint density at radius 1 is 0.585 bits per heavy atom. The molecule has 6 rings (SSSR count). The van der Waals surface area contributed by atoms with E-state index < -0.39 is 12.5 Å². The van der Waals surface area contributed by atoms with Gasteiger partial charge in [-0.1, -0.05) is 78.6 Å². The predicted octanol–water partition coefficient (Wildman–Crippen LogP) is 11.3. The van der Waals surface area contributed by atoms with Crippen molar-refractivity contribution in [2.45, 2.75) is 123 Å². The molecule has 0 atom stereocenters. The van der Waals surface area contributed by atoms with Crippen molar-refractivity contribution in [2.24, 2.45) is 0 Å². The number of aromatic hydroxyl groups is 1. The highest BCUT2D eigenvalue weighted by molar-refractivity contribution is 6.07. The smallest absolute Gasteiger partial charge is 0.387 e. The second-order valence-corrected chi connectivity index (χ2v) is 16.3. The number of hydrogen-bond acceptors (Lipinski definition) is 4. The molecule has 282 valence electrons. The molecule has 4 aromatic carbocycles. The highest BCUT2D eigenvalue weighted by atomic mass is 19.3. The van der Waals surface area contributed by atoms with Crippen LogP contribution in [0.25, 0.3) is 0 Å². The van der Waals surface area contributed by atoms with Crippen LogP contribution in [0.3, 0.4) is 0 Å². The Balaban J connectivity index is 0.000000206. The zero-order valence-corrected chi connectivity index (χ0v) is 32.0. The van der Waals surface area contributed by atoms with Crippen molar-refractivity contribution in [3.63, 3.8) is 0 Å². The number of fused-ring (bicyclic) bond motifs is 2. The van der Waals surface area contributed by atoms with E-state index in [2.05, 4.69) is 56.9 Å². The number of rotatable bonds is 6. The molecule has 0 bridgehead atoms. The summed E-state index contributed by atoms with van der Waals surface area (Å²) in [5, 5.41) is 16.0. The molecule has 0 aliphatic heterocycles. The first-order valence-electron chi connectivity index (χ1n) is 18.9. The fourth-order valence-corrected chi connectivity index (χ4v) is 6.95. The first-order valence-corrected chi connectivity index (χ1v) is 18.9. The Morgan fingerprint density at radius 2 is 0.962 bits per heavy atom. The Bertz CT molecular complexity index is 1890. The number of carbonyl (C=O) groups is 2. The monoisotopic (exact) mass is 724 g/mol.